The Kier molecular flexibility index (Phi) is 8.46. The van der Waals surface area contributed by atoms with E-state index in [1.807, 2.05) is 20.8 Å². The van der Waals surface area contributed by atoms with Crippen LogP contribution in [0, 0.1) is 16.6 Å². The molecule has 0 aliphatic heterocycles. The number of ether oxygens (including phenoxy) is 2. The first-order valence-corrected chi connectivity index (χ1v) is 12.3. The van der Waals surface area contributed by atoms with Crippen molar-refractivity contribution in [1.29, 1.82) is 0 Å². The molecule has 0 heterocycles. The van der Waals surface area contributed by atoms with Crippen molar-refractivity contribution in [1.82, 2.24) is 5.32 Å². The number of nitrogens with one attached hydrogen (secondary N) is 2. The van der Waals surface area contributed by atoms with Crippen molar-refractivity contribution < 1.29 is 33.4 Å². The molecule has 1 aliphatic rings. The minimum absolute atomic E-state index is 0.0131. The van der Waals surface area contributed by atoms with Crippen LogP contribution in [0.15, 0.2) is 36.4 Å². The van der Waals surface area contributed by atoms with Crippen LogP contribution < -0.4 is 20.1 Å². The maximum atomic E-state index is 14.8. The highest BCUT2D eigenvalue weighted by molar-refractivity contribution is 6.10. The molecule has 1 fully saturated rings. The lowest BCUT2D eigenvalue weighted by Gasteiger charge is -2.34. The summed E-state index contributed by atoms with van der Waals surface area (Å²) in [6.45, 7) is 8.15. The minimum atomic E-state index is -0.854. The molecule has 0 unspecified atom stereocenters. The van der Waals surface area contributed by atoms with Crippen LogP contribution in [-0.2, 0) is 4.79 Å². The number of amides is 2. The second-order valence-corrected chi connectivity index (χ2v) is 10.9. The zero-order valence-electron chi connectivity index (χ0n) is 21.9. The topological polar surface area (TPSA) is 114 Å². The molecule has 0 saturated heterocycles. The van der Waals surface area contributed by atoms with Crippen molar-refractivity contribution in [2.24, 2.45) is 10.8 Å². The second-order valence-electron chi connectivity index (χ2n) is 10.9. The number of halogens is 1. The van der Waals surface area contributed by atoms with Crippen LogP contribution in [0.25, 0.3) is 0 Å². The number of methoxy groups -OCH3 is 1. The average Bonchev–Trinajstić information content (AvgIpc) is 2.84. The summed E-state index contributed by atoms with van der Waals surface area (Å²) in [5.74, 6) is -2.58. The number of carbonyl (C=O) groups is 3. The zero-order valence-corrected chi connectivity index (χ0v) is 21.9. The van der Waals surface area contributed by atoms with Gasteiger partial charge in [0.2, 0.25) is 0 Å². The predicted octanol–water partition coefficient (Wildman–Crippen LogP) is 5.27. The van der Waals surface area contributed by atoms with Gasteiger partial charge >= 0.3 is 5.97 Å². The standard InChI is InChI=1S/C28H35FN2O6/c1-27(2,3)16-30-24(32)18-8-6-7-9-21(18)31-25(33)19-14-23(20(29)15-22(19)36-5)37-17-10-12-28(4,13-11-17)26(34)35/h6-9,14-15,17H,10-13,16H2,1-5H3,(H,30,32)(H,31,33)(H,34,35)/t17-,28+. The van der Waals surface area contributed by atoms with Crippen molar-refractivity contribution in [3.63, 3.8) is 0 Å². The van der Waals surface area contributed by atoms with E-state index in [0.29, 0.717) is 43.5 Å². The van der Waals surface area contributed by atoms with Gasteiger partial charge in [-0.05, 0) is 56.2 Å². The highest BCUT2D eigenvalue weighted by Gasteiger charge is 2.38. The molecule has 0 atom stereocenters. The van der Waals surface area contributed by atoms with Gasteiger partial charge in [-0.2, -0.15) is 0 Å². The zero-order chi connectivity index (χ0) is 27.4. The van der Waals surface area contributed by atoms with Gasteiger partial charge in [0.25, 0.3) is 11.8 Å². The van der Waals surface area contributed by atoms with E-state index < -0.39 is 23.1 Å². The molecular formula is C28H35FN2O6. The summed E-state index contributed by atoms with van der Waals surface area (Å²) in [6, 6.07) is 8.97. The molecule has 0 bridgehead atoms. The summed E-state index contributed by atoms with van der Waals surface area (Å²) in [7, 11) is 1.33. The lowest BCUT2D eigenvalue weighted by atomic mass is 9.75. The molecule has 8 nitrogen and oxygen atoms in total. The predicted molar refractivity (Wildman–Crippen MR) is 138 cm³/mol. The summed E-state index contributed by atoms with van der Waals surface area (Å²) in [5, 5.41) is 15.0. The van der Waals surface area contributed by atoms with Crippen LogP contribution in [0.5, 0.6) is 11.5 Å². The molecule has 2 amide bonds. The first-order chi connectivity index (χ1) is 17.3. The lowest BCUT2D eigenvalue weighted by Crippen LogP contribution is -2.36. The monoisotopic (exact) mass is 514 g/mol. The van der Waals surface area contributed by atoms with Gasteiger partial charge in [0.15, 0.2) is 11.6 Å². The number of carbonyl (C=O) groups excluding carboxylic acids is 2. The summed E-state index contributed by atoms with van der Waals surface area (Å²) in [4.78, 5) is 37.5. The van der Waals surface area contributed by atoms with Gasteiger partial charge < -0.3 is 25.2 Å². The van der Waals surface area contributed by atoms with Crippen molar-refractivity contribution in [3.8, 4) is 11.5 Å². The molecule has 9 heteroatoms. The normalized spacial score (nSPS) is 19.6. The Morgan fingerprint density at radius 1 is 1.05 bits per heavy atom. The molecule has 0 spiro atoms. The molecule has 3 rings (SSSR count). The van der Waals surface area contributed by atoms with Crippen molar-refractivity contribution in [2.75, 3.05) is 19.0 Å². The molecule has 1 aliphatic carbocycles. The highest BCUT2D eigenvalue weighted by atomic mass is 19.1. The van der Waals surface area contributed by atoms with Gasteiger partial charge in [-0.25, -0.2) is 4.39 Å². The Bertz CT molecular complexity index is 1170. The molecule has 0 aromatic heterocycles. The van der Waals surface area contributed by atoms with Crippen molar-refractivity contribution in [2.45, 2.75) is 59.5 Å². The molecule has 2 aromatic rings. The van der Waals surface area contributed by atoms with Crippen LogP contribution >= 0.6 is 0 Å². The quantitative estimate of drug-likeness (QED) is 0.442. The second kappa shape index (κ2) is 11.2. The number of aliphatic carboxylic acids is 1. The van der Waals surface area contributed by atoms with Gasteiger partial charge in [0.05, 0.1) is 35.4 Å². The van der Waals surface area contributed by atoms with Gasteiger partial charge in [-0.3, -0.25) is 14.4 Å². The molecule has 37 heavy (non-hydrogen) atoms. The third-order valence-electron chi connectivity index (χ3n) is 6.54. The summed E-state index contributed by atoms with van der Waals surface area (Å²) in [6.07, 6.45) is 1.34. The minimum Gasteiger partial charge on any atom is -0.496 e. The molecule has 200 valence electrons. The fraction of sp³-hybridized carbons (Fsp3) is 0.464. The molecule has 3 N–H and O–H groups in total. The van der Waals surface area contributed by atoms with Gasteiger partial charge in [0, 0.05) is 12.6 Å². The average molecular weight is 515 g/mol. The van der Waals surface area contributed by atoms with E-state index in [-0.39, 0.29) is 34.5 Å². The Balaban J connectivity index is 1.79. The Hall–Kier alpha value is -3.62. The number of anilines is 1. The number of carboxylic acids is 1. The van der Waals surface area contributed by atoms with E-state index in [0.717, 1.165) is 6.07 Å². The van der Waals surface area contributed by atoms with E-state index in [9.17, 15) is 23.9 Å². The number of para-hydroxylation sites is 1. The third-order valence-corrected chi connectivity index (χ3v) is 6.54. The summed E-state index contributed by atoms with van der Waals surface area (Å²) in [5.41, 5.74) is -0.309. The molecule has 1 saturated carbocycles. The van der Waals surface area contributed by atoms with E-state index in [1.165, 1.54) is 13.2 Å². The Morgan fingerprint density at radius 3 is 2.30 bits per heavy atom. The van der Waals surface area contributed by atoms with Crippen LogP contribution in [0.1, 0.15) is 74.1 Å². The van der Waals surface area contributed by atoms with E-state index in [2.05, 4.69) is 10.6 Å². The number of hydrogen-bond donors (Lipinski definition) is 3. The number of benzene rings is 2. The van der Waals surface area contributed by atoms with Crippen LogP contribution in [-0.4, -0.2) is 42.6 Å². The number of rotatable bonds is 8. The first kappa shape index (κ1) is 28.0. The molecular weight excluding hydrogens is 479 g/mol. The highest BCUT2D eigenvalue weighted by Crippen LogP contribution is 2.38. The first-order valence-electron chi connectivity index (χ1n) is 12.3. The SMILES string of the molecule is COc1cc(F)c(O[C@H]2CC[C@@](C)(C(=O)O)CC2)cc1C(=O)Nc1ccccc1C(=O)NCC(C)(C)C. The summed E-state index contributed by atoms with van der Waals surface area (Å²) < 4.78 is 25.9. The number of carboxylic acid groups (broad SMARTS) is 1. The fourth-order valence-electron chi connectivity index (χ4n) is 4.13. The maximum absolute atomic E-state index is 14.8. The van der Waals surface area contributed by atoms with E-state index in [4.69, 9.17) is 9.47 Å². The molecule has 2 aromatic carbocycles. The van der Waals surface area contributed by atoms with Crippen molar-refractivity contribution >= 4 is 23.5 Å². The maximum Gasteiger partial charge on any atom is 0.309 e. The Labute approximate surface area is 216 Å². The largest absolute Gasteiger partial charge is 0.496 e. The van der Waals surface area contributed by atoms with E-state index in [1.54, 1.807) is 31.2 Å². The third kappa shape index (κ3) is 6.99. The lowest BCUT2D eigenvalue weighted by molar-refractivity contribution is -0.150. The molecule has 0 radical (unpaired) electrons. The van der Waals surface area contributed by atoms with Gasteiger partial charge in [0.1, 0.15) is 5.75 Å². The fourth-order valence-corrected chi connectivity index (χ4v) is 4.13. The van der Waals surface area contributed by atoms with Crippen LogP contribution in [0.3, 0.4) is 0 Å². The van der Waals surface area contributed by atoms with Crippen molar-refractivity contribution in [3.05, 3.63) is 53.3 Å². The summed E-state index contributed by atoms with van der Waals surface area (Å²) >= 11 is 0. The van der Waals surface area contributed by atoms with Crippen LogP contribution in [0.2, 0.25) is 0 Å². The van der Waals surface area contributed by atoms with Crippen LogP contribution in [0.4, 0.5) is 10.1 Å². The van der Waals surface area contributed by atoms with Gasteiger partial charge in [-0.15, -0.1) is 0 Å². The Morgan fingerprint density at radius 2 is 1.70 bits per heavy atom. The smallest absolute Gasteiger partial charge is 0.309 e. The number of hydrogen-bond acceptors (Lipinski definition) is 5. The van der Waals surface area contributed by atoms with E-state index >= 15 is 0 Å². The van der Waals surface area contributed by atoms with Gasteiger partial charge in [-0.1, -0.05) is 32.9 Å².